The van der Waals surface area contributed by atoms with Crippen molar-refractivity contribution in [2.45, 2.75) is 38.2 Å². The van der Waals surface area contributed by atoms with Crippen LogP contribution in [0.2, 0.25) is 0 Å². The summed E-state index contributed by atoms with van der Waals surface area (Å²) in [4.78, 5) is 18.6. The SMILES string of the molecule is COc1ccc(NC(=O)/N=C(\N)[C@H]2CCCN(CC3CCCCO3)C2)cc1. The molecule has 2 fully saturated rings. The lowest BCUT2D eigenvalue weighted by Crippen LogP contribution is -2.45. The fourth-order valence-corrected chi connectivity index (χ4v) is 3.74. The Morgan fingerprint density at radius 3 is 2.81 bits per heavy atom. The molecule has 3 N–H and O–H groups in total. The molecule has 0 aromatic heterocycles. The highest BCUT2D eigenvalue weighted by molar-refractivity contribution is 6.00. The van der Waals surface area contributed by atoms with Crippen LogP contribution in [-0.4, -0.2) is 56.2 Å². The van der Waals surface area contributed by atoms with E-state index in [0.717, 1.165) is 51.3 Å². The summed E-state index contributed by atoms with van der Waals surface area (Å²) < 4.78 is 11.0. The molecule has 7 heteroatoms. The maximum absolute atomic E-state index is 12.2. The molecular formula is C20H30N4O3. The standard InChI is InChI=1S/C20H30N4O3/c1-26-17-9-7-16(8-10-17)22-20(25)23-19(21)15-5-4-11-24(13-15)14-18-6-2-3-12-27-18/h7-10,15,18H,2-6,11-14H2,1H3,(H3,21,22,23,25)/t15-,18?/m0/s1. The summed E-state index contributed by atoms with van der Waals surface area (Å²) in [6.45, 7) is 3.71. The third kappa shape index (κ3) is 5.94. The van der Waals surface area contributed by atoms with Crippen LogP contribution >= 0.6 is 0 Å². The maximum atomic E-state index is 12.2. The third-order valence-corrected chi connectivity index (χ3v) is 5.23. The summed E-state index contributed by atoms with van der Waals surface area (Å²) >= 11 is 0. The first-order valence-electron chi connectivity index (χ1n) is 9.77. The van der Waals surface area contributed by atoms with Crippen molar-refractivity contribution in [1.82, 2.24) is 4.90 Å². The number of anilines is 1. The quantitative estimate of drug-likeness (QED) is 0.611. The number of amides is 2. The second-order valence-corrected chi connectivity index (χ2v) is 7.28. The molecular weight excluding hydrogens is 344 g/mol. The molecule has 2 atom stereocenters. The van der Waals surface area contributed by atoms with Crippen LogP contribution in [0.15, 0.2) is 29.3 Å². The molecule has 27 heavy (non-hydrogen) atoms. The van der Waals surface area contributed by atoms with E-state index in [2.05, 4.69) is 15.2 Å². The van der Waals surface area contributed by atoms with Crippen LogP contribution in [0.4, 0.5) is 10.5 Å². The Balaban J connectivity index is 1.51. The number of aliphatic imine (C=N–C) groups is 1. The average molecular weight is 374 g/mol. The molecule has 7 nitrogen and oxygen atoms in total. The number of piperidine rings is 1. The smallest absolute Gasteiger partial charge is 0.347 e. The Labute approximate surface area is 160 Å². The maximum Gasteiger partial charge on any atom is 0.347 e. The van der Waals surface area contributed by atoms with Gasteiger partial charge >= 0.3 is 6.03 Å². The summed E-state index contributed by atoms with van der Waals surface area (Å²) in [7, 11) is 1.60. The molecule has 2 aliphatic heterocycles. The van der Waals surface area contributed by atoms with E-state index < -0.39 is 6.03 Å². The number of nitrogens with zero attached hydrogens (tertiary/aromatic N) is 2. The molecule has 0 spiro atoms. The number of ether oxygens (including phenoxy) is 2. The van der Waals surface area contributed by atoms with E-state index in [1.54, 1.807) is 31.4 Å². The van der Waals surface area contributed by atoms with Gasteiger partial charge in [-0.25, -0.2) is 4.79 Å². The predicted octanol–water partition coefficient (Wildman–Crippen LogP) is 2.87. The van der Waals surface area contributed by atoms with Gasteiger partial charge in [0, 0.05) is 31.3 Å². The second-order valence-electron chi connectivity index (χ2n) is 7.28. The Morgan fingerprint density at radius 1 is 1.30 bits per heavy atom. The summed E-state index contributed by atoms with van der Waals surface area (Å²) in [6, 6.07) is 6.68. The van der Waals surface area contributed by atoms with Crippen LogP contribution in [-0.2, 0) is 4.74 Å². The van der Waals surface area contributed by atoms with Crippen LogP contribution in [0, 0.1) is 5.92 Å². The molecule has 1 unspecified atom stereocenters. The van der Waals surface area contributed by atoms with E-state index in [1.165, 1.54) is 12.8 Å². The topological polar surface area (TPSA) is 89.2 Å². The number of benzene rings is 1. The molecule has 0 bridgehead atoms. The average Bonchev–Trinajstić information content (AvgIpc) is 2.69. The summed E-state index contributed by atoms with van der Waals surface area (Å²) in [5.74, 6) is 1.26. The lowest BCUT2D eigenvalue weighted by Gasteiger charge is -2.35. The minimum Gasteiger partial charge on any atom is -0.497 e. The first-order chi connectivity index (χ1) is 13.1. The molecule has 3 rings (SSSR count). The van der Waals surface area contributed by atoms with Gasteiger partial charge < -0.3 is 25.4 Å². The second kappa shape index (κ2) is 9.71. The third-order valence-electron chi connectivity index (χ3n) is 5.23. The number of carbonyl (C=O) groups excluding carboxylic acids is 1. The zero-order valence-corrected chi connectivity index (χ0v) is 16.0. The van der Waals surface area contributed by atoms with Gasteiger partial charge in [0.25, 0.3) is 0 Å². The Bertz CT molecular complexity index is 641. The van der Waals surface area contributed by atoms with Gasteiger partial charge in [-0.3, -0.25) is 0 Å². The van der Waals surface area contributed by atoms with Crippen molar-refractivity contribution in [2.75, 3.05) is 38.7 Å². The van der Waals surface area contributed by atoms with Crippen molar-refractivity contribution in [1.29, 1.82) is 0 Å². The molecule has 2 aliphatic rings. The molecule has 2 heterocycles. The summed E-state index contributed by atoms with van der Waals surface area (Å²) in [6.07, 6.45) is 5.91. The molecule has 2 amide bonds. The van der Waals surface area contributed by atoms with Gasteiger partial charge in [-0.1, -0.05) is 0 Å². The number of amidine groups is 1. The zero-order chi connectivity index (χ0) is 19.1. The van der Waals surface area contributed by atoms with Crippen molar-refractivity contribution < 1.29 is 14.3 Å². The fourth-order valence-electron chi connectivity index (χ4n) is 3.74. The van der Waals surface area contributed by atoms with E-state index in [0.29, 0.717) is 17.6 Å². The van der Waals surface area contributed by atoms with Gasteiger partial charge in [-0.15, -0.1) is 0 Å². The lowest BCUT2D eigenvalue weighted by molar-refractivity contribution is -0.0105. The van der Waals surface area contributed by atoms with Gasteiger partial charge in [0.15, 0.2) is 0 Å². The largest absolute Gasteiger partial charge is 0.497 e. The fraction of sp³-hybridized carbons (Fsp3) is 0.600. The normalized spacial score (nSPS) is 24.4. The monoisotopic (exact) mass is 374 g/mol. The number of nitrogens with one attached hydrogen (secondary N) is 1. The zero-order valence-electron chi connectivity index (χ0n) is 16.0. The molecule has 1 aromatic carbocycles. The molecule has 0 radical (unpaired) electrons. The highest BCUT2D eigenvalue weighted by Gasteiger charge is 2.26. The highest BCUT2D eigenvalue weighted by Crippen LogP contribution is 2.20. The van der Waals surface area contributed by atoms with Crippen LogP contribution in [0.1, 0.15) is 32.1 Å². The summed E-state index contributed by atoms with van der Waals surface area (Å²) in [5.41, 5.74) is 6.82. The van der Waals surface area contributed by atoms with Crippen molar-refractivity contribution in [2.24, 2.45) is 16.6 Å². The molecule has 148 valence electrons. The number of carbonyl (C=O) groups is 1. The van der Waals surface area contributed by atoms with E-state index in [-0.39, 0.29) is 5.92 Å². The number of likely N-dealkylation sites (tertiary alicyclic amines) is 1. The highest BCUT2D eigenvalue weighted by atomic mass is 16.5. The molecule has 2 saturated heterocycles. The molecule has 0 aliphatic carbocycles. The van der Waals surface area contributed by atoms with E-state index in [1.807, 2.05) is 0 Å². The van der Waals surface area contributed by atoms with Crippen molar-refractivity contribution in [3.05, 3.63) is 24.3 Å². The van der Waals surface area contributed by atoms with Crippen LogP contribution < -0.4 is 15.8 Å². The van der Waals surface area contributed by atoms with E-state index in [4.69, 9.17) is 15.2 Å². The van der Waals surface area contributed by atoms with Crippen molar-refractivity contribution in [3.63, 3.8) is 0 Å². The minimum absolute atomic E-state index is 0.115. The van der Waals surface area contributed by atoms with Gasteiger partial charge in [0.2, 0.25) is 0 Å². The molecule has 0 saturated carbocycles. The van der Waals surface area contributed by atoms with Crippen LogP contribution in [0.3, 0.4) is 0 Å². The number of hydrogen-bond donors (Lipinski definition) is 2. The van der Waals surface area contributed by atoms with Crippen molar-refractivity contribution in [3.8, 4) is 5.75 Å². The lowest BCUT2D eigenvalue weighted by atomic mass is 9.96. The van der Waals surface area contributed by atoms with E-state index >= 15 is 0 Å². The molecule has 1 aromatic rings. The Hall–Kier alpha value is -2.12. The van der Waals surface area contributed by atoms with Gasteiger partial charge in [-0.2, -0.15) is 4.99 Å². The van der Waals surface area contributed by atoms with E-state index in [9.17, 15) is 4.79 Å². The number of methoxy groups -OCH3 is 1. The van der Waals surface area contributed by atoms with Gasteiger partial charge in [0.05, 0.1) is 13.2 Å². The van der Waals surface area contributed by atoms with Crippen LogP contribution in [0.25, 0.3) is 0 Å². The number of rotatable bonds is 5. The first-order valence-corrected chi connectivity index (χ1v) is 9.77. The predicted molar refractivity (Wildman–Crippen MR) is 106 cm³/mol. The first kappa shape index (κ1) is 19.6. The van der Waals surface area contributed by atoms with Gasteiger partial charge in [0.1, 0.15) is 11.6 Å². The summed E-state index contributed by atoms with van der Waals surface area (Å²) in [5, 5.41) is 2.74. The Kier molecular flexibility index (Phi) is 7.06. The number of urea groups is 1. The van der Waals surface area contributed by atoms with Gasteiger partial charge in [-0.05, 0) is 62.9 Å². The number of nitrogens with two attached hydrogens (primary N) is 1. The van der Waals surface area contributed by atoms with Crippen LogP contribution in [0.5, 0.6) is 5.75 Å². The minimum atomic E-state index is -0.439. The Morgan fingerprint density at radius 2 is 2.11 bits per heavy atom. The van der Waals surface area contributed by atoms with Crippen molar-refractivity contribution >= 4 is 17.6 Å². The number of hydrogen-bond acceptors (Lipinski definition) is 4.